The Morgan fingerprint density at radius 2 is 1.92 bits per heavy atom. The van der Waals surface area contributed by atoms with Gasteiger partial charge in [-0.05, 0) is 30.5 Å². The van der Waals surface area contributed by atoms with Crippen LogP contribution in [0, 0.1) is 0 Å². The molecule has 1 atom stereocenters. The van der Waals surface area contributed by atoms with Gasteiger partial charge in [0.2, 0.25) is 0 Å². The smallest absolute Gasteiger partial charge is 0.195 e. The van der Waals surface area contributed by atoms with Crippen LogP contribution in [0.15, 0.2) is 54.6 Å². The lowest BCUT2D eigenvalue weighted by molar-refractivity contribution is 0.450. The Bertz CT molecular complexity index is 1000. The number of nitrogens with zero attached hydrogens (tertiary/aromatic N) is 2. The van der Waals surface area contributed by atoms with Crippen molar-refractivity contribution in [3.05, 3.63) is 70.7 Å². The number of aromatic nitrogens is 2. The highest BCUT2D eigenvalue weighted by Gasteiger charge is 2.24. The van der Waals surface area contributed by atoms with Crippen molar-refractivity contribution in [3.8, 4) is 0 Å². The molecule has 0 spiro atoms. The average Bonchev–Trinajstić information content (AvgIpc) is 3.16. The maximum Gasteiger partial charge on any atom is 0.195 e. The molecule has 0 saturated heterocycles. The summed E-state index contributed by atoms with van der Waals surface area (Å²) < 4.78 is 2.38. The lowest BCUT2D eigenvalue weighted by atomic mass is 9.99. The van der Waals surface area contributed by atoms with Crippen LogP contribution in [0.25, 0.3) is 16.0 Å². The summed E-state index contributed by atoms with van der Waals surface area (Å²) in [7, 11) is 0. The molecule has 5 rings (SSSR count). The van der Waals surface area contributed by atoms with Crippen LogP contribution in [-0.2, 0) is 19.4 Å². The van der Waals surface area contributed by atoms with Crippen LogP contribution < -0.4 is 5.32 Å². The van der Waals surface area contributed by atoms with Gasteiger partial charge in [0.1, 0.15) is 0 Å². The number of hydrogen-bond acceptors (Lipinski definition) is 3. The van der Waals surface area contributed by atoms with E-state index >= 15 is 0 Å². The van der Waals surface area contributed by atoms with Gasteiger partial charge < -0.3 is 5.32 Å². The zero-order valence-electron chi connectivity index (χ0n) is 13.4. The molecule has 24 heavy (non-hydrogen) atoms. The number of thiazole rings is 1. The summed E-state index contributed by atoms with van der Waals surface area (Å²) in [5.41, 5.74) is 5.23. The fourth-order valence-electron chi connectivity index (χ4n) is 3.70. The zero-order chi connectivity index (χ0) is 15.9. The maximum absolute atomic E-state index is 4.79. The minimum atomic E-state index is 0.539. The Morgan fingerprint density at radius 1 is 1.08 bits per heavy atom. The standard InChI is InChI=1S/C20H19N3S/c1-2-6-14(7-3-1)10-11-15-12-18-19(13-21-15)24-20-22-16-8-4-5-9-17(16)23(18)20/h1-9,15,21H,10-13H2. The molecule has 1 N–H and O–H groups in total. The topological polar surface area (TPSA) is 29.3 Å². The Hall–Kier alpha value is -2.17. The normalized spacial score (nSPS) is 17.4. The van der Waals surface area contributed by atoms with E-state index in [9.17, 15) is 0 Å². The van der Waals surface area contributed by atoms with Crippen LogP contribution in [0.4, 0.5) is 0 Å². The first kappa shape index (κ1) is 14.2. The number of fused-ring (bicyclic) bond motifs is 5. The summed E-state index contributed by atoms with van der Waals surface area (Å²) in [5, 5.41) is 3.71. The summed E-state index contributed by atoms with van der Waals surface area (Å²) in [6.45, 7) is 0.969. The van der Waals surface area contributed by atoms with Crippen molar-refractivity contribution in [2.45, 2.75) is 31.8 Å². The first-order valence-corrected chi connectivity index (χ1v) is 9.35. The van der Waals surface area contributed by atoms with Gasteiger partial charge in [-0.1, -0.05) is 53.8 Å². The van der Waals surface area contributed by atoms with Crippen molar-refractivity contribution in [3.63, 3.8) is 0 Å². The van der Waals surface area contributed by atoms with E-state index in [2.05, 4.69) is 64.3 Å². The number of imidazole rings is 1. The minimum absolute atomic E-state index is 0.539. The summed E-state index contributed by atoms with van der Waals surface area (Å²) in [6, 6.07) is 19.8. The van der Waals surface area contributed by atoms with E-state index in [0.29, 0.717) is 6.04 Å². The molecule has 0 fully saturated rings. The van der Waals surface area contributed by atoms with Crippen molar-refractivity contribution >= 4 is 27.3 Å². The molecule has 3 heterocycles. The van der Waals surface area contributed by atoms with Crippen LogP contribution in [0.2, 0.25) is 0 Å². The summed E-state index contributed by atoms with van der Waals surface area (Å²) >= 11 is 1.83. The van der Waals surface area contributed by atoms with E-state index in [-0.39, 0.29) is 0 Å². The van der Waals surface area contributed by atoms with Gasteiger partial charge in [0.25, 0.3) is 0 Å². The first-order chi connectivity index (χ1) is 11.9. The molecule has 1 aliphatic rings. The first-order valence-electron chi connectivity index (χ1n) is 8.53. The van der Waals surface area contributed by atoms with E-state index < -0.39 is 0 Å². The highest BCUT2D eigenvalue weighted by molar-refractivity contribution is 7.17. The Morgan fingerprint density at radius 3 is 2.83 bits per heavy atom. The lowest BCUT2D eigenvalue weighted by Crippen LogP contribution is -2.35. The van der Waals surface area contributed by atoms with Crippen LogP contribution in [0.1, 0.15) is 22.6 Å². The molecule has 0 radical (unpaired) electrons. The molecule has 120 valence electrons. The fraction of sp³-hybridized carbons (Fsp3) is 0.250. The second-order valence-corrected chi connectivity index (χ2v) is 7.56. The zero-order valence-corrected chi connectivity index (χ0v) is 14.2. The van der Waals surface area contributed by atoms with Gasteiger partial charge in [-0.3, -0.25) is 4.40 Å². The Kier molecular flexibility index (Phi) is 3.39. The van der Waals surface area contributed by atoms with Crippen LogP contribution in [-0.4, -0.2) is 15.4 Å². The average molecular weight is 333 g/mol. The molecule has 1 aliphatic heterocycles. The summed E-state index contributed by atoms with van der Waals surface area (Å²) in [6.07, 6.45) is 3.39. The van der Waals surface area contributed by atoms with Crippen LogP contribution >= 0.6 is 11.3 Å². The number of rotatable bonds is 3. The van der Waals surface area contributed by atoms with Gasteiger partial charge in [0.15, 0.2) is 4.96 Å². The molecule has 0 saturated carbocycles. The van der Waals surface area contributed by atoms with Gasteiger partial charge in [0.05, 0.1) is 11.0 Å². The molecule has 4 aromatic rings. The quantitative estimate of drug-likeness (QED) is 0.609. The third-order valence-corrected chi connectivity index (χ3v) is 6.03. The Balaban J connectivity index is 1.44. The molecule has 0 aliphatic carbocycles. The summed E-state index contributed by atoms with van der Waals surface area (Å²) in [4.78, 5) is 7.37. The van der Waals surface area contributed by atoms with Crippen LogP contribution in [0.3, 0.4) is 0 Å². The number of hydrogen-bond donors (Lipinski definition) is 1. The minimum Gasteiger partial charge on any atom is -0.309 e. The van der Waals surface area contributed by atoms with E-state index in [0.717, 1.165) is 29.9 Å². The van der Waals surface area contributed by atoms with Gasteiger partial charge in [-0.15, -0.1) is 0 Å². The van der Waals surface area contributed by atoms with Crippen molar-refractivity contribution < 1.29 is 0 Å². The van der Waals surface area contributed by atoms with Gasteiger partial charge in [-0.25, -0.2) is 4.98 Å². The molecule has 4 heteroatoms. The maximum atomic E-state index is 4.79. The summed E-state index contributed by atoms with van der Waals surface area (Å²) in [5.74, 6) is 0. The SMILES string of the molecule is c1ccc(CCC2Cc3c(sc4nc5ccccc5n34)CN2)cc1. The van der Waals surface area contributed by atoms with Crippen LogP contribution in [0.5, 0.6) is 0 Å². The molecular weight excluding hydrogens is 314 g/mol. The number of benzene rings is 2. The van der Waals surface area contributed by atoms with Gasteiger partial charge in [-0.2, -0.15) is 0 Å². The molecule has 2 aromatic heterocycles. The van der Waals surface area contributed by atoms with E-state index in [1.165, 1.54) is 28.1 Å². The lowest BCUT2D eigenvalue weighted by Gasteiger charge is -2.24. The molecule has 0 amide bonds. The molecular formula is C20H19N3S. The predicted octanol–water partition coefficient (Wildman–Crippen LogP) is 4.20. The van der Waals surface area contributed by atoms with E-state index in [1.54, 1.807) is 0 Å². The van der Waals surface area contributed by atoms with Crippen molar-refractivity contribution in [2.75, 3.05) is 0 Å². The number of aryl methyl sites for hydroxylation is 1. The molecule has 1 unspecified atom stereocenters. The van der Waals surface area contributed by atoms with E-state index in [4.69, 9.17) is 4.98 Å². The fourth-order valence-corrected chi connectivity index (χ4v) is 4.81. The predicted molar refractivity (Wildman–Crippen MR) is 99.7 cm³/mol. The number of para-hydroxylation sites is 2. The third kappa shape index (κ3) is 2.34. The van der Waals surface area contributed by atoms with Gasteiger partial charge >= 0.3 is 0 Å². The number of nitrogens with one attached hydrogen (secondary N) is 1. The third-order valence-electron chi connectivity index (χ3n) is 4.95. The van der Waals surface area contributed by atoms with Crippen molar-refractivity contribution in [2.24, 2.45) is 0 Å². The van der Waals surface area contributed by atoms with Crippen molar-refractivity contribution in [1.29, 1.82) is 0 Å². The van der Waals surface area contributed by atoms with Crippen molar-refractivity contribution in [1.82, 2.24) is 14.7 Å². The van der Waals surface area contributed by atoms with E-state index in [1.807, 2.05) is 11.3 Å². The monoisotopic (exact) mass is 333 g/mol. The second-order valence-electron chi connectivity index (χ2n) is 6.50. The molecule has 0 bridgehead atoms. The molecule has 3 nitrogen and oxygen atoms in total. The van der Waals surface area contributed by atoms with Gasteiger partial charge in [0, 0.05) is 29.6 Å². The Labute approximate surface area is 145 Å². The largest absolute Gasteiger partial charge is 0.309 e. The molecule has 2 aromatic carbocycles. The highest BCUT2D eigenvalue weighted by atomic mass is 32.1. The highest BCUT2D eigenvalue weighted by Crippen LogP contribution is 2.31. The second kappa shape index (κ2) is 5.72.